The minimum Gasteiger partial charge on any atom is -0.203 e. The Morgan fingerprint density at radius 1 is 0.289 bits per heavy atom. The second kappa shape index (κ2) is 14.5. The van der Waals surface area contributed by atoms with Gasteiger partial charge < -0.3 is 0 Å². The van der Waals surface area contributed by atoms with Gasteiger partial charge in [0.25, 0.3) is 0 Å². The molecule has 0 spiro atoms. The lowest BCUT2D eigenvalue weighted by atomic mass is 10.2. The summed E-state index contributed by atoms with van der Waals surface area (Å²) in [7, 11) is -25.5. The molecule has 0 N–H and O–H groups in total. The smallest absolute Gasteiger partial charge is 0.203 e. The molecule has 0 aromatic heterocycles. The molecule has 12 nitrogen and oxygen atoms in total. The highest BCUT2D eigenvalue weighted by molar-refractivity contribution is 7.90. The van der Waals surface area contributed by atoms with Crippen molar-refractivity contribution in [2.75, 3.05) is 52.4 Å². The van der Waals surface area contributed by atoms with E-state index in [1.807, 2.05) is 0 Å². The van der Waals surface area contributed by atoms with Crippen LogP contribution < -0.4 is 0 Å². The third kappa shape index (κ3) is 10.1. The van der Waals surface area contributed by atoms with Crippen molar-refractivity contribution in [2.24, 2.45) is 0 Å². The number of rotatable bonds is 4. The van der Waals surface area contributed by atoms with E-state index in [0.717, 1.165) is 0 Å². The maximum absolute atomic E-state index is 13.3. The Kier molecular flexibility index (Phi) is 13.5. The van der Waals surface area contributed by atoms with E-state index in [2.05, 4.69) is 0 Å². The van der Waals surface area contributed by atoms with Crippen LogP contribution in [0.25, 0.3) is 0 Å². The Bertz CT molecular complexity index is 1320. The van der Waals surface area contributed by atoms with Gasteiger partial charge in [-0.3, -0.25) is 0 Å². The molecular formula is C17H26F12N4O8S4. The third-order valence-electron chi connectivity index (χ3n) is 6.07. The molecule has 28 heteroatoms. The highest BCUT2D eigenvalue weighted by Crippen LogP contribution is 2.32. The van der Waals surface area contributed by atoms with Gasteiger partial charge in [-0.15, -0.1) is 0 Å². The highest BCUT2D eigenvalue weighted by Gasteiger charge is 2.54. The largest absolute Gasteiger partial charge is 0.511 e. The fourth-order valence-corrected chi connectivity index (χ4v) is 7.85. The molecule has 0 bridgehead atoms. The summed E-state index contributed by atoms with van der Waals surface area (Å²) in [5.74, 6) is 0. The fourth-order valence-electron chi connectivity index (χ4n) is 3.82. The van der Waals surface area contributed by atoms with Gasteiger partial charge in [-0.1, -0.05) is 6.42 Å². The molecule has 0 aliphatic carbocycles. The lowest BCUT2D eigenvalue weighted by Gasteiger charge is -2.29. The second-order valence-electron chi connectivity index (χ2n) is 9.17. The van der Waals surface area contributed by atoms with Gasteiger partial charge in [0.2, 0.25) is 0 Å². The first kappa shape index (κ1) is 41.8. The van der Waals surface area contributed by atoms with Crippen LogP contribution in [0.1, 0.15) is 32.1 Å². The molecular weight excluding hydrogens is 744 g/mol. The van der Waals surface area contributed by atoms with E-state index >= 15 is 0 Å². The van der Waals surface area contributed by atoms with Crippen molar-refractivity contribution in [3.8, 4) is 0 Å². The first-order chi connectivity index (χ1) is 19.9. The van der Waals surface area contributed by atoms with E-state index in [-0.39, 0.29) is 8.61 Å². The van der Waals surface area contributed by atoms with Crippen molar-refractivity contribution in [1.82, 2.24) is 17.2 Å². The van der Waals surface area contributed by atoms with Crippen LogP contribution in [0.15, 0.2) is 0 Å². The average molecular weight is 771 g/mol. The number of hydrogen-bond acceptors (Lipinski definition) is 8. The van der Waals surface area contributed by atoms with Gasteiger partial charge in [0, 0.05) is 52.4 Å². The summed E-state index contributed by atoms with van der Waals surface area (Å²) in [5, 5.41) is 0. The number of halogens is 12. The predicted molar refractivity (Wildman–Crippen MR) is 129 cm³/mol. The summed E-state index contributed by atoms with van der Waals surface area (Å²) in [6.45, 7) is -11.2. The van der Waals surface area contributed by atoms with Crippen LogP contribution in [-0.4, -0.2) is 125 Å². The van der Waals surface area contributed by atoms with Gasteiger partial charge in [0.1, 0.15) is 0 Å². The normalized spacial score (nSPS) is 21.4. The zero-order valence-corrected chi connectivity index (χ0v) is 25.7. The van der Waals surface area contributed by atoms with E-state index in [0.29, 0.717) is 0 Å². The molecule has 1 rings (SSSR count). The summed E-state index contributed by atoms with van der Waals surface area (Å²) in [5.41, 5.74) is -24.3. The van der Waals surface area contributed by atoms with Gasteiger partial charge in [0.05, 0.1) is 0 Å². The Balaban J connectivity index is 3.66. The van der Waals surface area contributed by atoms with E-state index in [4.69, 9.17) is 0 Å². The van der Waals surface area contributed by atoms with Crippen molar-refractivity contribution >= 4 is 40.1 Å². The molecule has 45 heavy (non-hydrogen) atoms. The first-order valence-corrected chi connectivity index (χ1v) is 17.9. The van der Waals surface area contributed by atoms with Crippen LogP contribution in [0.5, 0.6) is 0 Å². The molecule has 1 aliphatic rings. The molecule has 1 aliphatic heterocycles. The number of nitrogens with zero attached hydrogens (tertiary/aromatic N) is 4. The third-order valence-corrected chi connectivity index (χ3v) is 12.6. The van der Waals surface area contributed by atoms with Crippen molar-refractivity contribution in [3.63, 3.8) is 0 Å². The van der Waals surface area contributed by atoms with Crippen LogP contribution >= 0.6 is 0 Å². The van der Waals surface area contributed by atoms with Crippen LogP contribution in [0, 0.1) is 0 Å². The van der Waals surface area contributed by atoms with E-state index in [1.165, 1.54) is 0 Å². The Labute approximate surface area is 250 Å². The quantitative estimate of drug-likeness (QED) is 0.397. The van der Waals surface area contributed by atoms with Crippen molar-refractivity contribution in [2.45, 2.75) is 54.1 Å². The van der Waals surface area contributed by atoms with E-state index in [9.17, 15) is 86.4 Å². The molecule has 0 aromatic rings. The van der Waals surface area contributed by atoms with Crippen LogP contribution in [0.3, 0.4) is 0 Å². The van der Waals surface area contributed by atoms with Gasteiger partial charge in [-0.05, 0) is 25.7 Å². The standard InChI is InChI=1S/C17H26F12N4O8S4/c18-14(19,20)42(34,35)30-6-2-1-3-7-31(43(36,37)15(21,22)23)9-5-11-33(45(40,41)17(27,28)29)13-12-32(10-4-8-30)44(38,39)16(24,25)26/h1-13H2. The van der Waals surface area contributed by atoms with E-state index in [1.54, 1.807) is 0 Å². The zero-order chi connectivity index (χ0) is 35.5. The first-order valence-electron chi connectivity index (χ1n) is 12.2. The molecule has 1 fully saturated rings. The summed E-state index contributed by atoms with van der Waals surface area (Å²) in [6, 6.07) is 0. The maximum atomic E-state index is 13.3. The fraction of sp³-hybridized carbons (Fsp3) is 1.00. The average Bonchev–Trinajstić information content (AvgIpc) is 2.83. The monoisotopic (exact) mass is 770 g/mol. The molecule has 0 amide bonds. The molecule has 0 aromatic carbocycles. The lowest BCUT2D eigenvalue weighted by molar-refractivity contribution is -0.0513. The second-order valence-corrected chi connectivity index (χ2v) is 16.9. The number of sulfonamides is 4. The van der Waals surface area contributed by atoms with Crippen LogP contribution in [0.2, 0.25) is 0 Å². The Morgan fingerprint density at radius 2 is 0.467 bits per heavy atom. The zero-order valence-electron chi connectivity index (χ0n) is 22.4. The van der Waals surface area contributed by atoms with Gasteiger partial charge >= 0.3 is 62.1 Å². The van der Waals surface area contributed by atoms with E-state index < -0.39 is 155 Å². The molecule has 0 unspecified atom stereocenters. The molecule has 0 atom stereocenters. The Morgan fingerprint density at radius 3 is 0.667 bits per heavy atom. The van der Waals surface area contributed by atoms with Crippen molar-refractivity contribution < 1.29 is 86.4 Å². The van der Waals surface area contributed by atoms with Crippen molar-refractivity contribution in [1.29, 1.82) is 0 Å². The topological polar surface area (TPSA) is 150 Å². The number of hydrogen-bond donors (Lipinski definition) is 0. The summed E-state index contributed by atoms with van der Waals surface area (Å²) >= 11 is 0. The molecule has 1 heterocycles. The molecule has 0 radical (unpaired) electrons. The van der Waals surface area contributed by atoms with Crippen LogP contribution in [-0.2, 0) is 40.1 Å². The van der Waals surface area contributed by atoms with Crippen molar-refractivity contribution in [3.05, 3.63) is 0 Å². The summed E-state index contributed by atoms with van der Waals surface area (Å²) in [6.07, 6.45) is -3.83. The lowest BCUT2D eigenvalue weighted by Crippen LogP contribution is -2.49. The van der Waals surface area contributed by atoms with Crippen LogP contribution in [0.4, 0.5) is 52.7 Å². The molecule has 1 saturated heterocycles. The number of alkyl halides is 12. The maximum Gasteiger partial charge on any atom is 0.511 e. The van der Waals surface area contributed by atoms with Gasteiger partial charge in [0.15, 0.2) is 0 Å². The minimum atomic E-state index is -6.53. The minimum absolute atomic E-state index is 0.325. The summed E-state index contributed by atoms with van der Waals surface area (Å²) < 4.78 is 253. The summed E-state index contributed by atoms with van der Waals surface area (Å²) in [4.78, 5) is 0. The predicted octanol–water partition coefficient (Wildman–Crippen LogP) is 2.56. The SMILES string of the molecule is O=S(=O)(N1CCCCCN(S(=O)(=O)C(F)(F)F)CCCN(S(=O)(=O)C(F)(F)F)CCN(S(=O)(=O)C(F)(F)F)CCC1)C(F)(F)F. The van der Waals surface area contributed by atoms with Gasteiger partial charge in [-0.2, -0.15) is 69.9 Å². The highest BCUT2D eigenvalue weighted by atomic mass is 32.2. The molecule has 0 saturated carbocycles. The van der Waals surface area contributed by atoms with Gasteiger partial charge in [-0.25, -0.2) is 33.7 Å². The molecule has 270 valence electrons. The Hall–Kier alpha value is -1.20.